The number of fused-ring (bicyclic) bond motifs is 5. The van der Waals surface area contributed by atoms with Gasteiger partial charge in [0.15, 0.2) is 0 Å². The van der Waals surface area contributed by atoms with Crippen molar-refractivity contribution in [3.05, 3.63) is 59.4 Å². The van der Waals surface area contributed by atoms with Crippen LogP contribution in [-0.4, -0.2) is 20.4 Å². The van der Waals surface area contributed by atoms with Gasteiger partial charge in [0.25, 0.3) is 0 Å². The second-order valence-electron chi connectivity index (χ2n) is 7.59. The van der Waals surface area contributed by atoms with E-state index in [2.05, 4.69) is 34.2 Å². The molecule has 0 N–H and O–H groups in total. The van der Waals surface area contributed by atoms with Crippen molar-refractivity contribution in [2.75, 3.05) is 0 Å². The van der Waals surface area contributed by atoms with Gasteiger partial charge >= 0.3 is 0 Å². The molecule has 0 radical (unpaired) electrons. The lowest BCUT2D eigenvalue weighted by Gasteiger charge is -2.34. The largest absolute Gasteiger partial charge is 0.427 e. The summed E-state index contributed by atoms with van der Waals surface area (Å²) < 4.78 is 33.9. The Morgan fingerprint density at radius 2 is 1.88 bits per heavy atom. The fraction of sp³-hybridized carbons (Fsp3) is 0.368. The Labute approximate surface area is 148 Å². The molecule has 26 heavy (non-hydrogen) atoms. The maximum absolute atomic E-state index is 14.2. The highest BCUT2D eigenvalue weighted by Gasteiger charge is 2.66. The maximum Gasteiger partial charge on any atom is 0.228 e. The van der Waals surface area contributed by atoms with Gasteiger partial charge in [-0.15, -0.1) is 15.3 Å². The van der Waals surface area contributed by atoms with Crippen LogP contribution in [0.4, 0.5) is 8.78 Å². The molecule has 1 saturated carbocycles. The molecule has 0 spiro atoms. The molecule has 2 aliphatic rings. The second-order valence-corrected chi connectivity index (χ2v) is 7.59. The van der Waals surface area contributed by atoms with E-state index >= 15 is 0 Å². The average Bonchev–Trinajstić information content (AvgIpc) is 3.26. The second kappa shape index (κ2) is 4.93. The van der Waals surface area contributed by atoms with Crippen molar-refractivity contribution in [2.45, 2.75) is 38.0 Å². The van der Waals surface area contributed by atoms with Crippen molar-refractivity contribution < 1.29 is 13.2 Å². The van der Waals surface area contributed by atoms with Crippen molar-refractivity contribution in [2.24, 2.45) is 5.41 Å². The van der Waals surface area contributed by atoms with Gasteiger partial charge in [0, 0.05) is 0 Å². The molecular formula is C19H16F2N4O. The molecule has 2 bridgehead atoms. The van der Waals surface area contributed by atoms with E-state index in [0.29, 0.717) is 5.89 Å². The van der Waals surface area contributed by atoms with E-state index in [0.717, 1.165) is 24.1 Å². The Kier molecular flexibility index (Phi) is 2.95. The van der Waals surface area contributed by atoms with Crippen LogP contribution in [0, 0.1) is 17.0 Å². The summed E-state index contributed by atoms with van der Waals surface area (Å²) in [6.45, 7) is 4.31. The highest BCUT2D eigenvalue weighted by Crippen LogP contribution is 2.69. The predicted octanol–water partition coefficient (Wildman–Crippen LogP) is 4.01. The van der Waals surface area contributed by atoms with Gasteiger partial charge in [-0.3, -0.25) is 0 Å². The zero-order valence-corrected chi connectivity index (χ0v) is 14.3. The molecule has 132 valence electrons. The van der Waals surface area contributed by atoms with Crippen LogP contribution in [0.1, 0.15) is 49.8 Å². The predicted molar refractivity (Wildman–Crippen MR) is 88.2 cm³/mol. The van der Waals surface area contributed by atoms with Crippen molar-refractivity contribution in [3.8, 4) is 11.3 Å². The van der Waals surface area contributed by atoms with Crippen molar-refractivity contribution >= 4 is 0 Å². The lowest BCUT2D eigenvalue weighted by atomic mass is 9.68. The normalized spacial score (nSPS) is 25.5. The van der Waals surface area contributed by atoms with Crippen molar-refractivity contribution in [3.63, 3.8) is 0 Å². The van der Waals surface area contributed by atoms with Gasteiger partial charge in [0.2, 0.25) is 12.3 Å². The monoisotopic (exact) mass is 354 g/mol. The van der Waals surface area contributed by atoms with Crippen molar-refractivity contribution in [1.82, 2.24) is 20.4 Å². The molecule has 2 heterocycles. The summed E-state index contributed by atoms with van der Waals surface area (Å²) in [4.78, 5) is 0. The molecule has 1 fully saturated rings. The zero-order valence-electron chi connectivity index (χ0n) is 14.3. The van der Waals surface area contributed by atoms with Gasteiger partial charge in [0.1, 0.15) is 11.6 Å². The topological polar surface area (TPSA) is 64.7 Å². The van der Waals surface area contributed by atoms with E-state index in [1.54, 1.807) is 6.07 Å². The molecule has 2 aliphatic carbocycles. The number of rotatable bonds is 2. The summed E-state index contributed by atoms with van der Waals surface area (Å²) in [6.07, 6.45) is 3.08. The minimum absolute atomic E-state index is 0.143. The summed E-state index contributed by atoms with van der Waals surface area (Å²) in [6, 6.07) is 5.56. The Balaban J connectivity index is 1.74. The van der Waals surface area contributed by atoms with Gasteiger partial charge in [-0.1, -0.05) is 19.9 Å². The van der Waals surface area contributed by atoms with E-state index in [-0.39, 0.29) is 22.6 Å². The summed E-state index contributed by atoms with van der Waals surface area (Å²) in [5.74, 6) is -0.571. The van der Waals surface area contributed by atoms with Gasteiger partial charge < -0.3 is 4.42 Å². The SMILES string of the molecule is CC1(C)[C@H]2CC[C@]1(c1nnco1)c1nnc(-c3c(F)cccc3F)cc12. The van der Waals surface area contributed by atoms with Gasteiger partial charge in [0.05, 0.1) is 22.4 Å². The minimum Gasteiger partial charge on any atom is -0.427 e. The molecule has 2 aromatic heterocycles. The molecule has 0 saturated heterocycles. The van der Waals surface area contributed by atoms with Crippen LogP contribution in [0.25, 0.3) is 11.3 Å². The summed E-state index contributed by atoms with van der Waals surface area (Å²) >= 11 is 0. The molecule has 0 amide bonds. The maximum atomic E-state index is 14.2. The molecule has 3 aromatic rings. The number of halogens is 2. The third kappa shape index (κ3) is 1.68. The standard InChI is InChI=1S/C19H16F2N4O/c1-18(2)11-6-7-19(18,17-25-22-9-26-17)16-10(11)8-14(23-24-16)15-12(20)4-3-5-13(15)21/h3-5,8-9,11H,6-7H2,1-2H3/t11-,19+/m0/s1. The van der Waals surface area contributed by atoms with E-state index in [4.69, 9.17) is 4.42 Å². The molecule has 0 aliphatic heterocycles. The van der Waals surface area contributed by atoms with Crippen molar-refractivity contribution in [1.29, 1.82) is 0 Å². The summed E-state index contributed by atoms with van der Waals surface area (Å²) in [5.41, 5.74) is 1.10. The molecule has 5 nitrogen and oxygen atoms in total. The van der Waals surface area contributed by atoms with Crippen LogP contribution >= 0.6 is 0 Å². The first-order valence-corrected chi connectivity index (χ1v) is 8.56. The van der Waals surface area contributed by atoms with Gasteiger partial charge in [-0.05, 0) is 47.9 Å². The molecule has 7 heteroatoms. The summed E-state index contributed by atoms with van der Waals surface area (Å²) in [7, 11) is 0. The third-order valence-corrected chi connectivity index (χ3v) is 6.33. The van der Waals surface area contributed by atoms with E-state index < -0.39 is 17.0 Å². The Morgan fingerprint density at radius 1 is 1.12 bits per heavy atom. The van der Waals surface area contributed by atoms with Crippen LogP contribution in [0.2, 0.25) is 0 Å². The highest BCUT2D eigenvalue weighted by atomic mass is 19.1. The molecule has 0 unspecified atom stereocenters. The third-order valence-electron chi connectivity index (χ3n) is 6.33. The molecule has 2 atom stereocenters. The zero-order chi connectivity index (χ0) is 18.1. The molecular weight excluding hydrogens is 338 g/mol. The lowest BCUT2D eigenvalue weighted by Crippen LogP contribution is -2.37. The Hall–Kier alpha value is -2.70. The fourth-order valence-electron chi connectivity index (χ4n) is 5.02. The lowest BCUT2D eigenvalue weighted by molar-refractivity contribution is 0.206. The first kappa shape index (κ1) is 15.5. The van der Waals surface area contributed by atoms with E-state index in [9.17, 15) is 8.78 Å². The van der Waals surface area contributed by atoms with Crippen LogP contribution < -0.4 is 0 Å². The molecule has 5 rings (SSSR count). The first-order valence-electron chi connectivity index (χ1n) is 8.56. The highest BCUT2D eigenvalue weighted by molar-refractivity contribution is 5.63. The Bertz CT molecular complexity index is 998. The van der Waals surface area contributed by atoms with Gasteiger partial charge in [-0.25, -0.2) is 8.78 Å². The van der Waals surface area contributed by atoms with Crippen LogP contribution in [0.3, 0.4) is 0 Å². The number of nitrogens with zero attached hydrogens (tertiary/aromatic N) is 4. The summed E-state index contributed by atoms with van der Waals surface area (Å²) in [5, 5.41) is 16.6. The number of aromatic nitrogens is 4. The number of hydrogen-bond acceptors (Lipinski definition) is 5. The van der Waals surface area contributed by atoms with Crippen LogP contribution in [0.15, 0.2) is 35.1 Å². The average molecular weight is 354 g/mol. The van der Waals surface area contributed by atoms with Crippen LogP contribution in [0.5, 0.6) is 0 Å². The van der Waals surface area contributed by atoms with E-state index in [1.807, 2.05) is 0 Å². The fourth-order valence-corrected chi connectivity index (χ4v) is 5.02. The quantitative estimate of drug-likeness (QED) is 0.696. The Morgan fingerprint density at radius 3 is 2.58 bits per heavy atom. The minimum atomic E-state index is -0.645. The first-order chi connectivity index (χ1) is 12.5. The number of benzene rings is 1. The van der Waals surface area contributed by atoms with Crippen LogP contribution in [-0.2, 0) is 5.41 Å². The number of hydrogen-bond donors (Lipinski definition) is 0. The smallest absolute Gasteiger partial charge is 0.228 e. The van der Waals surface area contributed by atoms with Gasteiger partial charge in [-0.2, -0.15) is 5.10 Å². The molecule has 1 aromatic carbocycles. The van der Waals surface area contributed by atoms with E-state index in [1.165, 1.54) is 24.6 Å².